The SMILES string of the molecule is O=C(N/C=C/c1ccccc1)Nc1nccs1. The maximum absolute atomic E-state index is 11.4. The summed E-state index contributed by atoms with van der Waals surface area (Å²) in [6.07, 6.45) is 5.06. The van der Waals surface area contributed by atoms with Crippen LogP contribution in [0.1, 0.15) is 5.56 Å². The lowest BCUT2D eigenvalue weighted by Gasteiger charge is -1.99. The van der Waals surface area contributed by atoms with Crippen molar-refractivity contribution in [3.63, 3.8) is 0 Å². The Kier molecular flexibility index (Phi) is 3.88. The van der Waals surface area contributed by atoms with E-state index in [4.69, 9.17) is 0 Å². The van der Waals surface area contributed by atoms with Gasteiger partial charge in [-0.25, -0.2) is 9.78 Å². The maximum Gasteiger partial charge on any atom is 0.325 e. The average molecular weight is 245 g/mol. The number of hydrogen-bond acceptors (Lipinski definition) is 3. The van der Waals surface area contributed by atoms with E-state index in [1.807, 2.05) is 36.4 Å². The van der Waals surface area contributed by atoms with Crippen molar-refractivity contribution in [2.24, 2.45) is 0 Å². The molecule has 1 heterocycles. The minimum atomic E-state index is -0.299. The molecule has 0 aliphatic heterocycles. The molecule has 0 spiro atoms. The van der Waals surface area contributed by atoms with Crippen molar-refractivity contribution in [2.75, 3.05) is 5.32 Å². The third kappa shape index (κ3) is 3.73. The van der Waals surface area contributed by atoms with Crippen molar-refractivity contribution >= 4 is 28.6 Å². The fourth-order valence-corrected chi connectivity index (χ4v) is 1.72. The first-order chi connectivity index (χ1) is 8.34. The molecule has 0 radical (unpaired) electrons. The van der Waals surface area contributed by atoms with Gasteiger partial charge in [-0.2, -0.15) is 0 Å². The Bertz CT molecular complexity index is 494. The number of hydrogen-bond donors (Lipinski definition) is 2. The van der Waals surface area contributed by atoms with Gasteiger partial charge in [0.2, 0.25) is 0 Å². The lowest BCUT2D eigenvalue weighted by molar-refractivity contribution is 0.255. The number of carbonyl (C=O) groups is 1. The van der Waals surface area contributed by atoms with Crippen LogP contribution in [0, 0.1) is 0 Å². The first kappa shape index (κ1) is 11.3. The van der Waals surface area contributed by atoms with E-state index in [0.717, 1.165) is 5.56 Å². The summed E-state index contributed by atoms with van der Waals surface area (Å²) in [5, 5.41) is 7.60. The molecule has 0 bridgehead atoms. The van der Waals surface area contributed by atoms with E-state index < -0.39 is 0 Å². The van der Waals surface area contributed by atoms with Gasteiger partial charge in [-0.05, 0) is 11.6 Å². The summed E-state index contributed by atoms with van der Waals surface area (Å²) in [6.45, 7) is 0. The summed E-state index contributed by atoms with van der Waals surface area (Å²) in [7, 11) is 0. The van der Waals surface area contributed by atoms with Crippen molar-refractivity contribution < 1.29 is 4.79 Å². The quantitative estimate of drug-likeness (QED) is 0.873. The van der Waals surface area contributed by atoms with Crippen LogP contribution in [-0.4, -0.2) is 11.0 Å². The van der Waals surface area contributed by atoms with E-state index in [-0.39, 0.29) is 6.03 Å². The number of aromatic nitrogens is 1. The van der Waals surface area contributed by atoms with Gasteiger partial charge in [-0.3, -0.25) is 5.32 Å². The van der Waals surface area contributed by atoms with Gasteiger partial charge in [-0.15, -0.1) is 11.3 Å². The third-order valence-corrected chi connectivity index (χ3v) is 2.63. The molecule has 86 valence electrons. The molecule has 0 aliphatic carbocycles. The fraction of sp³-hybridized carbons (Fsp3) is 0. The molecule has 0 atom stereocenters. The Morgan fingerprint density at radius 2 is 2.12 bits per heavy atom. The number of amides is 2. The summed E-state index contributed by atoms with van der Waals surface area (Å²) in [4.78, 5) is 15.3. The molecule has 0 saturated heterocycles. The van der Waals surface area contributed by atoms with Gasteiger partial charge in [0.15, 0.2) is 5.13 Å². The van der Waals surface area contributed by atoms with E-state index in [2.05, 4.69) is 15.6 Å². The molecule has 2 amide bonds. The lowest BCUT2D eigenvalue weighted by Crippen LogP contribution is -2.23. The van der Waals surface area contributed by atoms with E-state index >= 15 is 0 Å². The van der Waals surface area contributed by atoms with Gasteiger partial charge in [0, 0.05) is 17.8 Å². The van der Waals surface area contributed by atoms with E-state index in [1.54, 1.807) is 17.8 Å². The minimum Gasteiger partial charge on any atom is -0.314 e. The van der Waals surface area contributed by atoms with Crippen molar-refractivity contribution in [3.05, 3.63) is 53.7 Å². The number of benzene rings is 1. The molecule has 2 N–H and O–H groups in total. The van der Waals surface area contributed by atoms with Gasteiger partial charge < -0.3 is 5.32 Å². The van der Waals surface area contributed by atoms with Crippen LogP contribution in [0.2, 0.25) is 0 Å². The van der Waals surface area contributed by atoms with Crippen LogP contribution in [-0.2, 0) is 0 Å². The normalized spacial score (nSPS) is 10.4. The number of urea groups is 1. The summed E-state index contributed by atoms with van der Waals surface area (Å²) in [5.41, 5.74) is 1.03. The van der Waals surface area contributed by atoms with Crippen molar-refractivity contribution in [1.29, 1.82) is 0 Å². The highest BCUT2D eigenvalue weighted by Crippen LogP contribution is 2.09. The Labute approximate surface area is 103 Å². The Morgan fingerprint density at radius 1 is 1.29 bits per heavy atom. The topological polar surface area (TPSA) is 54.0 Å². The Balaban J connectivity index is 1.82. The molecular weight excluding hydrogens is 234 g/mol. The molecule has 5 heteroatoms. The van der Waals surface area contributed by atoms with E-state index in [1.165, 1.54) is 11.3 Å². The van der Waals surface area contributed by atoms with E-state index in [0.29, 0.717) is 5.13 Å². The molecule has 4 nitrogen and oxygen atoms in total. The van der Waals surface area contributed by atoms with Crippen LogP contribution >= 0.6 is 11.3 Å². The zero-order chi connectivity index (χ0) is 11.9. The highest BCUT2D eigenvalue weighted by atomic mass is 32.1. The minimum absolute atomic E-state index is 0.299. The lowest BCUT2D eigenvalue weighted by atomic mass is 10.2. The molecular formula is C12H11N3OS. The second-order valence-corrected chi connectivity index (χ2v) is 4.07. The van der Waals surface area contributed by atoms with Crippen molar-refractivity contribution in [3.8, 4) is 0 Å². The average Bonchev–Trinajstić information content (AvgIpc) is 2.83. The molecule has 2 aromatic rings. The summed E-state index contributed by atoms with van der Waals surface area (Å²) >= 11 is 1.37. The second kappa shape index (κ2) is 5.81. The van der Waals surface area contributed by atoms with Crippen LogP contribution < -0.4 is 10.6 Å². The molecule has 17 heavy (non-hydrogen) atoms. The van der Waals surface area contributed by atoms with Gasteiger partial charge in [-0.1, -0.05) is 30.3 Å². The van der Waals surface area contributed by atoms with Gasteiger partial charge in [0.05, 0.1) is 0 Å². The highest BCUT2D eigenvalue weighted by Gasteiger charge is 1.99. The number of thiazole rings is 1. The zero-order valence-corrected chi connectivity index (χ0v) is 9.78. The molecule has 1 aromatic heterocycles. The molecule has 2 rings (SSSR count). The van der Waals surface area contributed by atoms with Gasteiger partial charge in [0.25, 0.3) is 0 Å². The third-order valence-electron chi connectivity index (χ3n) is 1.94. The number of anilines is 1. The largest absolute Gasteiger partial charge is 0.325 e. The fourth-order valence-electron chi connectivity index (χ4n) is 1.20. The predicted octanol–water partition coefficient (Wildman–Crippen LogP) is 2.94. The maximum atomic E-state index is 11.4. The first-order valence-electron chi connectivity index (χ1n) is 5.03. The highest BCUT2D eigenvalue weighted by molar-refractivity contribution is 7.13. The van der Waals surface area contributed by atoms with E-state index in [9.17, 15) is 4.79 Å². The molecule has 0 unspecified atom stereocenters. The van der Waals surface area contributed by atoms with Crippen LogP contribution in [0.25, 0.3) is 6.08 Å². The number of carbonyl (C=O) groups excluding carboxylic acids is 1. The van der Waals surface area contributed by atoms with Crippen LogP contribution in [0.3, 0.4) is 0 Å². The summed E-state index contributed by atoms with van der Waals surface area (Å²) in [5.74, 6) is 0. The molecule has 0 fully saturated rings. The predicted molar refractivity (Wildman–Crippen MR) is 69.7 cm³/mol. The van der Waals surface area contributed by atoms with Crippen molar-refractivity contribution in [1.82, 2.24) is 10.3 Å². The summed E-state index contributed by atoms with van der Waals surface area (Å²) < 4.78 is 0. The first-order valence-corrected chi connectivity index (χ1v) is 5.91. The van der Waals surface area contributed by atoms with Crippen LogP contribution in [0.4, 0.5) is 9.93 Å². The van der Waals surface area contributed by atoms with Crippen LogP contribution in [0.5, 0.6) is 0 Å². The van der Waals surface area contributed by atoms with Crippen molar-refractivity contribution in [2.45, 2.75) is 0 Å². The zero-order valence-electron chi connectivity index (χ0n) is 8.96. The van der Waals surface area contributed by atoms with Gasteiger partial charge in [0.1, 0.15) is 0 Å². The van der Waals surface area contributed by atoms with Gasteiger partial charge >= 0.3 is 6.03 Å². The second-order valence-electron chi connectivity index (χ2n) is 3.18. The monoisotopic (exact) mass is 245 g/mol. The molecule has 0 aliphatic rings. The number of rotatable bonds is 3. The Morgan fingerprint density at radius 3 is 2.82 bits per heavy atom. The Hall–Kier alpha value is -2.14. The smallest absolute Gasteiger partial charge is 0.314 e. The summed E-state index contributed by atoms with van der Waals surface area (Å²) in [6, 6.07) is 9.44. The standard InChI is InChI=1S/C12H11N3OS/c16-11(15-12-14-8-9-17-12)13-7-6-10-4-2-1-3-5-10/h1-9H,(H2,13,14,15,16)/b7-6+. The molecule has 0 saturated carbocycles. The number of nitrogens with zero attached hydrogens (tertiary/aromatic N) is 1. The van der Waals surface area contributed by atoms with Crippen LogP contribution in [0.15, 0.2) is 48.1 Å². The number of nitrogens with one attached hydrogen (secondary N) is 2. The molecule has 1 aromatic carbocycles.